The maximum Gasteiger partial charge on any atom is 0.307 e. The number of esters is 1. The second kappa shape index (κ2) is 6.23. The molecule has 1 N–H and O–H groups in total. The van der Waals surface area contributed by atoms with E-state index in [1.807, 2.05) is 32.0 Å². The minimum Gasteiger partial charge on any atom is -0.469 e. The van der Waals surface area contributed by atoms with Gasteiger partial charge < -0.3 is 10.1 Å². The van der Waals surface area contributed by atoms with Crippen molar-refractivity contribution in [1.82, 2.24) is 10.3 Å². The minimum atomic E-state index is -0.197. The van der Waals surface area contributed by atoms with Crippen molar-refractivity contribution >= 4 is 5.97 Å². The third-order valence-corrected chi connectivity index (χ3v) is 2.28. The van der Waals surface area contributed by atoms with Gasteiger partial charge in [0, 0.05) is 18.3 Å². The Bertz CT molecular complexity index is 353. The van der Waals surface area contributed by atoms with Gasteiger partial charge in [-0.2, -0.15) is 0 Å². The number of nitrogens with one attached hydrogen (secondary N) is 1. The van der Waals surface area contributed by atoms with Gasteiger partial charge >= 0.3 is 5.97 Å². The molecule has 0 bridgehead atoms. The molecule has 0 aliphatic heterocycles. The number of carbonyl (C=O) groups excluding carboxylic acids is 1. The van der Waals surface area contributed by atoms with Gasteiger partial charge in [-0.1, -0.05) is 6.07 Å². The van der Waals surface area contributed by atoms with E-state index in [1.54, 1.807) is 0 Å². The lowest BCUT2D eigenvalue weighted by molar-refractivity contribution is -0.141. The maximum atomic E-state index is 11.0. The molecule has 0 aliphatic carbocycles. The number of methoxy groups -OCH3 is 1. The first kappa shape index (κ1) is 12.6. The highest BCUT2D eigenvalue weighted by Crippen LogP contribution is 1.99. The summed E-state index contributed by atoms with van der Waals surface area (Å²) in [7, 11) is 1.40. The normalized spacial score (nSPS) is 12.2. The van der Waals surface area contributed by atoms with Crippen LogP contribution in [0.5, 0.6) is 0 Å². The fourth-order valence-corrected chi connectivity index (χ4v) is 1.38. The van der Waals surface area contributed by atoms with Gasteiger partial charge in [-0.3, -0.25) is 9.78 Å². The second-order valence-electron chi connectivity index (χ2n) is 3.83. The summed E-state index contributed by atoms with van der Waals surface area (Å²) < 4.78 is 4.60. The van der Waals surface area contributed by atoms with E-state index in [0.29, 0.717) is 13.0 Å². The number of rotatable bonds is 5. The fraction of sp³-hybridized carbons (Fsp3) is 0.500. The fourth-order valence-electron chi connectivity index (χ4n) is 1.38. The number of hydrogen-bond donors (Lipinski definition) is 1. The van der Waals surface area contributed by atoms with Crippen LogP contribution in [-0.4, -0.2) is 24.1 Å². The maximum absolute atomic E-state index is 11.0. The van der Waals surface area contributed by atoms with Crippen LogP contribution in [0.2, 0.25) is 0 Å². The third-order valence-electron chi connectivity index (χ3n) is 2.28. The lowest BCUT2D eigenvalue weighted by Gasteiger charge is -2.12. The van der Waals surface area contributed by atoms with Crippen LogP contribution in [0.3, 0.4) is 0 Å². The lowest BCUT2D eigenvalue weighted by atomic mass is 10.2. The van der Waals surface area contributed by atoms with Gasteiger partial charge in [0.25, 0.3) is 0 Å². The average molecular weight is 222 g/mol. The van der Waals surface area contributed by atoms with E-state index in [4.69, 9.17) is 0 Å². The molecule has 1 atom stereocenters. The molecule has 0 saturated carbocycles. The van der Waals surface area contributed by atoms with Crippen molar-refractivity contribution < 1.29 is 9.53 Å². The molecule has 4 heteroatoms. The van der Waals surface area contributed by atoms with Crippen LogP contribution < -0.4 is 5.32 Å². The number of ether oxygens (including phenoxy) is 1. The summed E-state index contributed by atoms with van der Waals surface area (Å²) in [6, 6.07) is 5.99. The van der Waals surface area contributed by atoms with Gasteiger partial charge in [-0.15, -0.1) is 0 Å². The van der Waals surface area contributed by atoms with E-state index in [0.717, 1.165) is 11.4 Å². The first-order valence-corrected chi connectivity index (χ1v) is 5.34. The van der Waals surface area contributed by atoms with Gasteiger partial charge in [0.15, 0.2) is 0 Å². The highest BCUT2D eigenvalue weighted by atomic mass is 16.5. The van der Waals surface area contributed by atoms with Gasteiger partial charge in [-0.25, -0.2) is 0 Å². The van der Waals surface area contributed by atoms with Crippen LogP contribution in [0.15, 0.2) is 18.2 Å². The zero-order valence-corrected chi connectivity index (χ0v) is 9.99. The molecule has 4 nitrogen and oxygen atoms in total. The van der Waals surface area contributed by atoms with E-state index < -0.39 is 0 Å². The number of pyridine rings is 1. The first-order valence-electron chi connectivity index (χ1n) is 5.34. The molecule has 0 saturated heterocycles. The van der Waals surface area contributed by atoms with Crippen molar-refractivity contribution in [2.45, 2.75) is 32.9 Å². The van der Waals surface area contributed by atoms with Crippen LogP contribution >= 0.6 is 0 Å². The summed E-state index contributed by atoms with van der Waals surface area (Å²) >= 11 is 0. The largest absolute Gasteiger partial charge is 0.469 e. The Kier molecular flexibility index (Phi) is 4.92. The highest BCUT2D eigenvalue weighted by Gasteiger charge is 2.08. The predicted molar refractivity (Wildman–Crippen MR) is 61.9 cm³/mol. The van der Waals surface area contributed by atoms with Crippen molar-refractivity contribution in [2.24, 2.45) is 0 Å². The summed E-state index contributed by atoms with van der Waals surface area (Å²) in [5, 5.41) is 3.23. The number of nitrogens with zero attached hydrogens (tertiary/aromatic N) is 1. The molecule has 0 fully saturated rings. The molecule has 0 spiro atoms. The molecule has 0 radical (unpaired) electrons. The summed E-state index contributed by atoms with van der Waals surface area (Å²) in [5.41, 5.74) is 1.98. The minimum absolute atomic E-state index is 0.0924. The quantitative estimate of drug-likeness (QED) is 0.766. The van der Waals surface area contributed by atoms with Crippen molar-refractivity contribution in [3.8, 4) is 0 Å². The molecule has 1 aromatic heterocycles. The topological polar surface area (TPSA) is 51.2 Å². The van der Waals surface area contributed by atoms with Crippen molar-refractivity contribution in [3.05, 3.63) is 29.6 Å². The summed E-state index contributed by atoms with van der Waals surface area (Å²) in [6.07, 6.45) is 0.377. The third kappa shape index (κ3) is 4.40. The Balaban J connectivity index is 2.37. The van der Waals surface area contributed by atoms with Crippen LogP contribution in [0, 0.1) is 6.92 Å². The molecule has 1 unspecified atom stereocenters. The average Bonchev–Trinajstić information content (AvgIpc) is 2.26. The molecular formula is C12H18N2O2. The van der Waals surface area contributed by atoms with Crippen LogP contribution in [0.25, 0.3) is 0 Å². The second-order valence-corrected chi connectivity index (χ2v) is 3.83. The number of hydrogen-bond acceptors (Lipinski definition) is 4. The van der Waals surface area contributed by atoms with E-state index in [1.165, 1.54) is 7.11 Å². The SMILES string of the molecule is COC(=O)CC(C)NCc1cccc(C)n1. The highest BCUT2D eigenvalue weighted by molar-refractivity contribution is 5.69. The zero-order chi connectivity index (χ0) is 12.0. The standard InChI is InChI=1S/C12H18N2O2/c1-9-5-4-6-11(14-9)8-13-10(2)7-12(15)16-3/h4-6,10,13H,7-8H2,1-3H3. The predicted octanol–water partition coefficient (Wildman–Crippen LogP) is 1.43. The molecule has 1 rings (SSSR count). The van der Waals surface area contributed by atoms with E-state index in [9.17, 15) is 4.79 Å². The Labute approximate surface area is 96.0 Å². The smallest absolute Gasteiger partial charge is 0.307 e. The molecule has 0 aliphatic rings. The van der Waals surface area contributed by atoms with Gasteiger partial charge in [-0.05, 0) is 26.0 Å². The number of aromatic nitrogens is 1. The number of aryl methyl sites for hydroxylation is 1. The van der Waals surface area contributed by atoms with Crippen molar-refractivity contribution in [1.29, 1.82) is 0 Å². The van der Waals surface area contributed by atoms with E-state index >= 15 is 0 Å². The molecule has 16 heavy (non-hydrogen) atoms. The van der Waals surface area contributed by atoms with Crippen LogP contribution in [-0.2, 0) is 16.1 Å². The molecular weight excluding hydrogens is 204 g/mol. The Morgan fingerprint density at radius 1 is 1.56 bits per heavy atom. The molecule has 1 heterocycles. The summed E-state index contributed by atoms with van der Waals surface area (Å²) in [6.45, 7) is 4.58. The molecule has 0 aromatic carbocycles. The Morgan fingerprint density at radius 3 is 2.94 bits per heavy atom. The summed E-state index contributed by atoms with van der Waals surface area (Å²) in [5.74, 6) is -0.197. The monoisotopic (exact) mass is 222 g/mol. The molecule has 88 valence electrons. The zero-order valence-electron chi connectivity index (χ0n) is 9.99. The van der Waals surface area contributed by atoms with Gasteiger partial charge in [0.05, 0.1) is 19.2 Å². The van der Waals surface area contributed by atoms with Crippen molar-refractivity contribution in [2.75, 3.05) is 7.11 Å². The van der Waals surface area contributed by atoms with Crippen LogP contribution in [0.1, 0.15) is 24.7 Å². The van der Waals surface area contributed by atoms with Gasteiger partial charge in [0.1, 0.15) is 0 Å². The summed E-state index contributed by atoms with van der Waals surface area (Å²) in [4.78, 5) is 15.4. The van der Waals surface area contributed by atoms with Gasteiger partial charge in [0.2, 0.25) is 0 Å². The molecule has 1 aromatic rings. The Morgan fingerprint density at radius 2 is 2.31 bits per heavy atom. The van der Waals surface area contributed by atoms with E-state index in [-0.39, 0.29) is 12.0 Å². The van der Waals surface area contributed by atoms with Crippen LogP contribution in [0.4, 0.5) is 0 Å². The lowest BCUT2D eigenvalue weighted by Crippen LogP contribution is -2.28. The van der Waals surface area contributed by atoms with Crippen molar-refractivity contribution in [3.63, 3.8) is 0 Å². The Hall–Kier alpha value is -1.42. The molecule has 0 amide bonds. The first-order chi connectivity index (χ1) is 7.61. The van der Waals surface area contributed by atoms with E-state index in [2.05, 4.69) is 15.0 Å². The number of carbonyl (C=O) groups is 1.